The molecule has 0 aliphatic carbocycles. The van der Waals surface area contributed by atoms with E-state index in [1.165, 1.54) is 18.2 Å². The molecule has 0 bridgehead atoms. The van der Waals surface area contributed by atoms with Crippen LogP contribution in [0.25, 0.3) is 0 Å². The van der Waals surface area contributed by atoms with Crippen LogP contribution in [0.15, 0.2) is 18.2 Å². The van der Waals surface area contributed by atoms with Crippen LogP contribution in [-0.2, 0) is 0 Å². The molecule has 0 unspecified atom stereocenters. The van der Waals surface area contributed by atoms with Crippen molar-refractivity contribution in [2.45, 2.75) is 13.3 Å². The SMILES string of the molecule is CCSCCCOc1ccc([N+](=O)[O-])cc1C=O. The van der Waals surface area contributed by atoms with Gasteiger partial charge in [0.2, 0.25) is 0 Å². The maximum atomic E-state index is 10.8. The predicted octanol–water partition coefficient (Wildman–Crippen LogP) is 2.93. The first kappa shape index (κ1) is 14.5. The Hall–Kier alpha value is -1.56. The summed E-state index contributed by atoms with van der Waals surface area (Å²) in [6, 6.07) is 4.03. The monoisotopic (exact) mass is 269 g/mol. The van der Waals surface area contributed by atoms with Crippen LogP contribution < -0.4 is 4.74 Å². The van der Waals surface area contributed by atoms with Crippen molar-refractivity contribution in [1.82, 2.24) is 0 Å². The van der Waals surface area contributed by atoms with Gasteiger partial charge >= 0.3 is 0 Å². The number of nitrogens with zero attached hydrogens (tertiary/aromatic N) is 1. The van der Waals surface area contributed by atoms with Gasteiger partial charge in [0.25, 0.3) is 5.69 Å². The third-order valence-electron chi connectivity index (χ3n) is 2.23. The van der Waals surface area contributed by atoms with Gasteiger partial charge in [0.1, 0.15) is 5.75 Å². The summed E-state index contributed by atoms with van der Waals surface area (Å²) in [5.74, 6) is 2.47. The number of nitro benzene ring substituents is 1. The lowest BCUT2D eigenvalue weighted by molar-refractivity contribution is -0.384. The molecule has 0 saturated heterocycles. The second-order valence-corrected chi connectivity index (χ2v) is 4.89. The first-order valence-electron chi connectivity index (χ1n) is 5.63. The number of rotatable bonds is 8. The molecule has 0 radical (unpaired) electrons. The summed E-state index contributed by atoms with van der Waals surface area (Å²) in [5.41, 5.74) is 0.110. The molecule has 1 aromatic carbocycles. The maximum absolute atomic E-state index is 10.8. The molecule has 0 atom stereocenters. The number of carbonyl (C=O) groups excluding carboxylic acids is 1. The Labute approximate surface area is 110 Å². The van der Waals surface area contributed by atoms with E-state index < -0.39 is 4.92 Å². The number of carbonyl (C=O) groups is 1. The molecule has 5 nitrogen and oxygen atoms in total. The fourth-order valence-corrected chi connectivity index (χ4v) is 1.97. The largest absolute Gasteiger partial charge is 0.493 e. The summed E-state index contributed by atoms with van der Waals surface area (Å²) >= 11 is 1.82. The van der Waals surface area contributed by atoms with Gasteiger partial charge in [0, 0.05) is 12.1 Å². The molecule has 0 fully saturated rings. The molecule has 0 heterocycles. The van der Waals surface area contributed by atoms with Crippen LogP contribution in [0.3, 0.4) is 0 Å². The smallest absolute Gasteiger partial charge is 0.270 e. The third kappa shape index (κ3) is 4.37. The molecule has 6 heteroatoms. The summed E-state index contributed by atoms with van der Waals surface area (Å²) in [6.45, 7) is 2.60. The highest BCUT2D eigenvalue weighted by atomic mass is 32.2. The van der Waals surface area contributed by atoms with Gasteiger partial charge in [0.15, 0.2) is 6.29 Å². The molecular formula is C12H15NO4S. The van der Waals surface area contributed by atoms with Gasteiger partial charge in [-0.2, -0.15) is 11.8 Å². The Bertz CT molecular complexity index is 423. The van der Waals surface area contributed by atoms with Crippen LogP contribution in [0.5, 0.6) is 5.75 Å². The quantitative estimate of drug-likeness (QED) is 0.314. The number of benzene rings is 1. The molecule has 0 saturated carbocycles. The lowest BCUT2D eigenvalue weighted by atomic mass is 10.2. The van der Waals surface area contributed by atoms with E-state index in [1.54, 1.807) is 0 Å². The van der Waals surface area contributed by atoms with Crippen LogP contribution in [0.1, 0.15) is 23.7 Å². The fraction of sp³-hybridized carbons (Fsp3) is 0.417. The zero-order valence-electron chi connectivity index (χ0n) is 10.1. The molecule has 0 aliphatic rings. The van der Waals surface area contributed by atoms with Gasteiger partial charge in [-0.3, -0.25) is 14.9 Å². The molecule has 0 aromatic heterocycles. The third-order valence-corrected chi connectivity index (χ3v) is 3.21. The van der Waals surface area contributed by atoms with Gasteiger partial charge < -0.3 is 4.74 Å². The van der Waals surface area contributed by atoms with Gasteiger partial charge in [-0.1, -0.05) is 6.92 Å². The Morgan fingerprint density at radius 2 is 2.28 bits per heavy atom. The number of nitro groups is 1. The highest BCUT2D eigenvalue weighted by Gasteiger charge is 2.10. The number of thioether (sulfide) groups is 1. The second kappa shape index (κ2) is 7.71. The number of hydrogen-bond donors (Lipinski definition) is 0. The standard InChI is InChI=1S/C12H15NO4S/c1-2-18-7-3-6-17-12-5-4-11(13(15)16)8-10(12)9-14/h4-5,8-9H,2-3,6-7H2,1H3. The summed E-state index contributed by atoms with van der Waals surface area (Å²) in [4.78, 5) is 20.9. The van der Waals surface area contributed by atoms with Crippen molar-refractivity contribution < 1.29 is 14.5 Å². The minimum absolute atomic E-state index is 0.106. The maximum Gasteiger partial charge on any atom is 0.270 e. The molecule has 0 spiro atoms. The summed E-state index contributed by atoms with van der Waals surface area (Å²) in [7, 11) is 0. The normalized spacial score (nSPS) is 10.1. The number of hydrogen-bond acceptors (Lipinski definition) is 5. The highest BCUT2D eigenvalue weighted by molar-refractivity contribution is 7.99. The average molecular weight is 269 g/mol. The van der Waals surface area contributed by atoms with Crippen molar-refractivity contribution in [2.75, 3.05) is 18.1 Å². The van der Waals surface area contributed by atoms with E-state index in [1.807, 2.05) is 11.8 Å². The Balaban J connectivity index is 2.60. The zero-order valence-corrected chi connectivity index (χ0v) is 10.9. The first-order chi connectivity index (χ1) is 8.69. The fourth-order valence-electron chi connectivity index (χ4n) is 1.36. The van der Waals surface area contributed by atoms with E-state index >= 15 is 0 Å². The average Bonchev–Trinajstić information content (AvgIpc) is 2.38. The van der Waals surface area contributed by atoms with Gasteiger partial charge in [-0.15, -0.1) is 0 Å². The van der Waals surface area contributed by atoms with E-state index in [0.29, 0.717) is 18.6 Å². The number of ether oxygens (including phenoxy) is 1. The van der Waals surface area contributed by atoms with E-state index in [-0.39, 0.29) is 11.3 Å². The van der Waals surface area contributed by atoms with Gasteiger partial charge in [0.05, 0.1) is 17.1 Å². The summed E-state index contributed by atoms with van der Waals surface area (Å²) < 4.78 is 5.44. The minimum atomic E-state index is -0.533. The van der Waals surface area contributed by atoms with E-state index in [4.69, 9.17) is 4.74 Å². The Morgan fingerprint density at radius 3 is 2.89 bits per heavy atom. The van der Waals surface area contributed by atoms with Crippen molar-refractivity contribution in [1.29, 1.82) is 0 Å². The molecular weight excluding hydrogens is 254 g/mol. The van der Waals surface area contributed by atoms with Crippen molar-refractivity contribution in [3.8, 4) is 5.75 Å². The van der Waals surface area contributed by atoms with E-state index in [9.17, 15) is 14.9 Å². The first-order valence-corrected chi connectivity index (χ1v) is 6.78. The number of aldehydes is 1. The predicted molar refractivity (Wildman–Crippen MR) is 71.6 cm³/mol. The van der Waals surface area contributed by atoms with Crippen molar-refractivity contribution in [3.63, 3.8) is 0 Å². The molecule has 98 valence electrons. The molecule has 0 N–H and O–H groups in total. The Morgan fingerprint density at radius 1 is 1.50 bits per heavy atom. The van der Waals surface area contributed by atoms with Gasteiger partial charge in [-0.05, 0) is 24.0 Å². The molecule has 1 aromatic rings. The lowest BCUT2D eigenvalue weighted by Gasteiger charge is -2.07. The topological polar surface area (TPSA) is 69.4 Å². The number of non-ortho nitro benzene ring substituents is 1. The lowest BCUT2D eigenvalue weighted by Crippen LogP contribution is -2.02. The van der Waals surface area contributed by atoms with Crippen LogP contribution in [0.4, 0.5) is 5.69 Å². The van der Waals surface area contributed by atoms with Crippen LogP contribution in [0.2, 0.25) is 0 Å². The van der Waals surface area contributed by atoms with Gasteiger partial charge in [-0.25, -0.2) is 0 Å². The van der Waals surface area contributed by atoms with Crippen molar-refractivity contribution in [2.24, 2.45) is 0 Å². The van der Waals surface area contributed by atoms with Crippen molar-refractivity contribution >= 4 is 23.7 Å². The van der Waals surface area contributed by atoms with E-state index in [0.717, 1.165) is 17.9 Å². The van der Waals surface area contributed by atoms with Crippen LogP contribution >= 0.6 is 11.8 Å². The Kier molecular flexibility index (Phi) is 6.21. The van der Waals surface area contributed by atoms with Crippen molar-refractivity contribution in [3.05, 3.63) is 33.9 Å². The zero-order chi connectivity index (χ0) is 13.4. The second-order valence-electron chi connectivity index (χ2n) is 3.50. The summed E-state index contributed by atoms with van der Waals surface area (Å²) in [5, 5.41) is 10.6. The molecule has 0 aliphatic heterocycles. The van der Waals surface area contributed by atoms with Crippen LogP contribution in [-0.4, -0.2) is 29.3 Å². The van der Waals surface area contributed by atoms with E-state index in [2.05, 4.69) is 6.92 Å². The minimum Gasteiger partial charge on any atom is -0.493 e. The summed E-state index contributed by atoms with van der Waals surface area (Å²) in [6.07, 6.45) is 1.46. The molecule has 0 amide bonds. The van der Waals surface area contributed by atoms with Crippen LogP contribution in [0, 0.1) is 10.1 Å². The molecule has 18 heavy (non-hydrogen) atoms. The molecule has 1 rings (SSSR count). The highest BCUT2D eigenvalue weighted by Crippen LogP contribution is 2.22.